The van der Waals surface area contributed by atoms with Crippen LogP contribution in [0, 0.1) is 0 Å². The Bertz CT molecular complexity index is 1090. The number of hydrogen-bond acceptors (Lipinski definition) is 4. The molecule has 0 fully saturated rings. The van der Waals surface area contributed by atoms with Crippen LogP contribution in [-0.4, -0.2) is 26.6 Å². The van der Waals surface area contributed by atoms with Gasteiger partial charge in [0.2, 0.25) is 0 Å². The van der Waals surface area contributed by atoms with Gasteiger partial charge in [-0.3, -0.25) is 9.98 Å². The van der Waals surface area contributed by atoms with Gasteiger partial charge in [0.1, 0.15) is 11.5 Å². The second-order valence-corrected chi connectivity index (χ2v) is 7.16. The van der Waals surface area contributed by atoms with Gasteiger partial charge in [-0.25, -0.2) is 0 Å². The van der Waals surface area contributed by atoms with Crippen LogP contribution in [0.2, 0.25) is 0 Å². The summed E-state index contributed by atoms with van der Waals surface area (Å²) in [5.41, 5.74) is 6.15. The summed E-state index contributed by atoms with van der Waals surface area (Å²) >= 11 is 0. The van der Waals surface area contributed by atoms with Gasteiger partial charge in [0.25, 0.3) is 0 Å². The molecule has 4 aromatic rings. The van der Waals surface area contributed by atoms with Crippen molar-refractivity contribution in [2.75, 3.05) is 14.2 Å². The number of hydrogen-bond donors (Lipinski definition) is 0. The predicted molar refractivity (Wildman–Crippen MR) is 132 cm³/mol. The lowest BCUT2D eigenvalue weighted by Crippen LogP contribution is -1.84. The van der Waals surface area contributed by atoms with E-state index < -0.39 is 0 Å². The molecule has 0 aliphatic carbocycles. The summed E-state index contributed by atoms with van der Waals surface area (Å²) in [6, 6.07) is 32.0. The lowest BCUT2D eigenvalue weighted by Gasteiger charge is -2.03. The van der Waals surface area contributed by atoms with Gasteiger partial charge in [-0.1, -0.05) is 24.3 Å². The maximum atomic E-state index is 5.18. The molecule has 0 radical (unpaired) electrons. The first kappa shape index (κ1) is 21.1. The molecule has 0 amide bonds. The smallest absolute Gasteiger partial charge is 0.118 e. The number of methoxy groups -OCH3 is 2. The van der Waals surface area contributed by atoms with Gasteiger partial charge in [0.05, 0.1) is 25.6 Å². The monoisotopic (exact) mass is 420 g/mol. The zero-order valence-electron chi connectivity index (χ0n) is 18.1. The third-order valence-corrected chi connectivity index (χ3v) is 5.02. The summed E-state index contributed by atoms with van der Waals surface area (Å²) in [6.45, 7) is 0. The Hall–Kier alpha value is -4.18. The van der Waals surface area contributed by atoms with Crippen LogP contribution in [0.5, 0.6) is 11.5 Å². The fourth-order valence-corrected chi connectivity index (χ4v) is 3.16. The molecule has 0 heterocycles. The standard InChI is InChI=1S/C28H24N2O2/c1-31-27-15-3-21(4-16-27)19-29-25-11-7-23(8-12-25)24-9-13-26(14-10-24)30-20-22-5-17-28(32-2)18-6-22/h3-20H,1-2H3. The van der Waals surface area contributed by atoms with E-state index in [1.54, 1.807) is 14.2 Å². The maximum absolute atomic E-state index is 5.18. The summed E-state index contributed by atoms with van der Waals surface area (Å²) in [6.07, 6.45) is 3.70. The van der Waals surface area contributed by atoms with E-state index in [2.05, 4.69) is 34.3 Å². The van der Waals surface area contributed by atoms with Crippen molar-refractivity contribution >= 4 is 23.8 Å². The van der Waals surface area contributed by atoms with Crippen molar-refractivity contribution in [2.24, 2.45) is 9.98 Å². The molecule has 0 saturated carbocycles. The van der Waals surface area contributed by atoms with E-state index in [0.29, 0.717) is 0 Å². The molecule has 4 aromatic carbocycles. The Balaban J connectivity index is 1.40. The summed E-state index contributed by atoms with van der Waals surface area (Å²) in [4.78, 5) is 9.10. The number of aliphatic imine (C=N–C) groups is 2. The van der Waals surface area contributed by atoms with E-state index in [1.807, 2.05) is 85.2 Å². The molecule has 0 aromatic heterocycles. The first-order chi connectivity index (χ1) is 15.7. The fourth-order valence-electron chi connectivity index (χ4n) is 3.16. The van der Waals surface area contributed by atoms with Crippen LogP contribution in [0.4, 0.5) is 11.4 Å². The van der Waals surface area contributed by atoms with Gasteiger partial charge in [0.15, 0.2) is 0 Å². The topological polar surface area (TPSA) is 43.2 Å². The molecule has 0 aliphatic heterocycles. The maximum Gasteiger partial charge on any atom is 0.118 e. The summed E-state index contributed by atoms with van der Waals surface area (Å²) < 4.78 is 10.4. The van der Waals surface area contributed by atoms with Crippen molar-refractivity contribution in [3.63, 3.8) is 0 Å². The van der Waals surface area contributed by atoms with Crippen LogP contribution < -0.4 is 9.47 Å². The number of rotatable bonds is 7. The third-order valence-electron chi connectivity index (χ3n) is 5.02. The first-order valence-corrected chi connectivity index (χ1v) is 10.3. The molecule has 0 aliphatic rings. The van der Waals surface area contributed by atoms with Crippen molar-refractivity contribution in [1.29, 1.82) is 0 Å². The Labute approximate surface area is 188 Å². The first-order valence-electron chi connectivity index (χ1n) is 10.3. The van der Waals surface area contributed by atoms with E-state index in [4.69, 9.17) is 9.47 Å². The van der Waals surface area contributed by atoms with Gasteiger partial charge in [0, 0.05) is 12.4 Å². The minimum Gasteiger partial charge on any atom is -0.497 e. The normalized spacial score (nSPS) is 11.2. The average Bonchev–Trinajstić information content (AvgIpc) is 2.87. The minimum absolute atomic E-state index is 0.837. The van der Waals surface area contributed by atoms with Gasteiger partial charge >= 0.3 is 0 Å². The molecule has 0 saturated heterocycles. The molecule has 0 atom stereocenters. The Kier molecular flexibility index (Phi) is 6.73. The third kappa shape index (κ3) is 5.49. The zero-order valence-corrected chi connectivity index (χ0v) is 18.1. The highest BCUT2D eigenvalue weighted by Crippen LogP contribution is 2.25. The van der Waals surface area contributed by atoms with E-state index in [9.17, 15) is 0 Å². The quantitative estimate of drug-likeness (QED) is 0.306. The molecule has 4 rings (SSSR count). The van der Waals surface area contributed by atoms with Crippen molar-refractivity contribution in [3.05, 3.63) is 108 Å². The highest BCUT2D eigenvalue weighted by atomic mass is 16.5. The zero-order chi connectivity index (χ0) is 22.2. The SMILES string of the molecule is COc1ccc(C=Nc2ccc(-c3ccc(N=Cc4ccc(OC)cc4)cc3)cc2)cc1. The lowest BCUT2D eigenvalue weighted by atomic mass is 10.1. The molecule has 4 heteroatoms. The van der Waals surface area contributed by atoms with Crippen molar-refractivity contribution in [1.82, 2.24) is 0 Å². The number of nitrogens with zero attached hydrogens (tertiary/aromatic N) is 2. The Morgan fingerprint density at radius 3 is 1.12 bits per heavy atom. The number of ether oxygens (including phenoxy) is 2. The molecule has 0 spiro atoms. The van der Waals surface area contributed by atoms with Crippen LogP contribution in [-0.2, 0) is 0 Å². The fraction of sp³-hybridized carbons (Fsp3) is 0.0714. The van der Waals surface area contributed by atoms with E-state index >= 15 is 0 Å². The molecule has 0 bridgehead atoms. The van der Waals surface area contributed by atoms with Crippen LogP contribution >= 0.6 is 0 Å². The molecule has 32 heavy (non-hydrogen) atoms. The molecular weight excluding hydrogens is 396 g/mol. The van der Waals surface area contributed by atoms with E-state index in [-0.39, 0.29) is 0 Å². The Morgan fingerprint density at radius 2 is 0.812 bits per heavy atom. The molecule has 0 N–H and O–H groups in total. The highest BCUT2D eigenvalue weighted by Gasteiger charge is 1.99. The second kappa shape index (κ2) is 10.2. The highest BCUT2D eigenvalue weighted by molar-refractivity contribution is 5.83. The van der Waals surface area contributed by atoms with Crippen LogP contribution in [0.25, 0.3) is 11.1 Å². The summed E-state index contributed by atoms with van der Waals surface area (Å²) in [5, 5.41) is 0. The summed E-state index contributed by atoms with van der Waals surface area (Å²) in [7, 11) is 3.32. The predicted octanol–water partition coefficient (Wildman–Crippen LogP) is 6.87. The molecular formula is C28H24N2O2. The van der Waals surface area contributed by atoms with E-state index in [1.165, 1.54) is 0 Å². The van der Waals surface area contributed by atoms with Crippen LogP contribution in [0.3, 0.4) is 0 Å². The van der Waals surface area contributed by atoms with Crippen LogP contribution in [0.15, 0.2) is 107 Å². The number of benzene rings is 4. The van der Waals surface area contributed by atoms with Gasteiger partial charge < -0.3 is 9.47 Å². The van der Waals surface area contributed by atoms with Crippen molar-refractivity contribution < 1.29 is 9.47 Å². The van der Waals surface area contributed by atoms with Crippen LogP contribution in [0.1, 0.15) is 11.1 Å². The van der Waals surface area contributed by atoms with Crippen molar-refractivity contribution in [3.8, 4) is 22.6 Å². The van der Waals surface area contributed by atoms with Crippen molar-refractivity contribution in [2.45, 2.75) is 0 Å². The molecule has 158 valence electrons. The lowest BCUT2D eigenvalue weighted by molar-refractivity contribution is 0.414. The molecule has 0 unspecified atom stereocenters. The molecule has 4 nitrogen and oxygen atoms in total. The van der Waals surface area contributed by atoms with E-state index in [0.717, 1.165) is 45.1 Å². The van der Waals surface area contributed by atoms with Gasteiger partial charge in [-0.15, -0.1) is 0 Å². The van der Waals surface area contributed by atoms with Gasteiger partial charge in [-0.2, -0.15) is 0 Å². The Morgan fingerprint density at radius 1 is 0.469 bits per heavy atom. The summed E-state index contributed by atoms with van der Waals surface area (Å²) in [5.74, 6) is 1.67. The van der Waals surface area contributed by atoms with Gasteiger partial charge in [-0.05, 0) is 95.1 Å². The largest absolute Gasteiger partial charge is 0.497 e. The average molecular weight is 421 g/mol. The minimum atomic E-state index is 0.837. The second-order valence-electron chi connectivity index (χ2n) is 7.16.